The van der Waals surface area contributed by atoms with Crippen molar-refractivity contribution in [1.29, 1.82) is 0 Å². The molecule has 1 amide bonds. The van der Waals surface area contributed by atoms with Gasteiger partial charge in [-0.3, -0.25) is 9.78 Å². The number of sulfonamides is 1. The number of hydrogen-bond acceptors (Lipinski definition) is 5. The monoisotopic (exact) mass is 439 g/mol. The quantitative estimate of drug-likeness (QED) is 0.580. The van der Waals surface area contributed by atoms with Crippen LogP contribution in [-0.4, -0.2) is 24.8 Å². The Morgan fingerprint density at radius 1 is 1.00 bits per heavy atom. The molecule has 2 aromatic carbocycles. The summed E-state index contributed by atoms with van der Waals surface area (Å²) in [6.07, 6.45) is 1.70. The minimum absolute atomic E-state index is 0.101. The molecule has 0 bridgehead atoms. The van der Waals surface area contributed by atoms with Gasteiger partial charge in [0.05, 0.1) is 10.6 Å². The van der Waals surface area contributed by atoms with Crippen LogP contribution in [0.5, 0.6) is 5.75 Å². The van der Waals surface area contributed by atoms with E-state index in [0.29, 0.717) is 23.6 Å². The molecular formula is C23H25N3O4S. The van der Waals surface area contributed by atoms with Gasteiger partial charge >= 0.3 is 0 Å². The summed E-state index contributed by atoms with van der Waals surface area (Å²) in [6, 6.07) is 18.4. The van der Waals surface area contributed by atoms with Crippen molar-refractivity contribution in [1.82, 2.24) is 9.71 Å². The number of aromatic nitrogens is 1. The number of ether oxygens (including phenoxy) is 1. The number of benzene rings is 2. The van der Waals surface area contributed by atoms with Gasteiger partial charge < -0.3 is 10.1 Å². The Morgan fingerprint density at radius 2 is 1.74 bits per heavy atom. The molecule has 2 N–H and O–H groups in total. The Kier molecular flexibility index (Phi) is 6.72. The van der Waals surface area contributed by atoms with Crippen LogP contribution in [0.25, 0.3) is 0 Å². The standard InChI is InChI=1S/C23H25N3O4S/c1-23(2,3)26-31(28,29)21-12-10-17(11-13-21)22(27)25-18-8-6-9-20(15-18)30-16-19-7-4-5-14-24-19/h4-15,26H,16H2,1-3H3,(H,25,27). The predicted octanol–water partition coefficient (Wildman–Crippen LogP) is 3.99. The van der Waals surface area contributed by atoms with Crippen LogP contribution >= 0.6 is 0 Å². The molecule has 3 rings (SSSR count). The molecule has 0 aliphatic heterocycles. The molecule has 0 aliphatic carbocycles. The molecule has 162 valence electrons. The van der Waals surface area contributed by atoms with Crippen molar-refractivity contribution < 1.29 is 17.9 Å². The molecule has 31 heavy (non-hydrogen) atoms. The lowest BCUT2D eigenvalue weighted by atomic mass is 10.1. The van der Waals surface area contributed by atoms with Crippen molar-refractivity contribution in [2.24, 2.45) is 0 Å². The summed E-state index contributed by atoms with van der Waals surface area (Å²) in [5.41, 5.74) is 1.11. The number of carbonyl (C=O) groups excluding carboxylic acids is 1. The van der Waals surface area contributed by atoms with E-state index >= 15 is 0 Å². The van der Waals surface area contributed by atoms with E-state index in [1.807, 2.05) is 18.2 Å². The second-order valence-corrected chi connectivity index (χ2v) is 9.65. The summed E-state index contributed by atoms with van der Waals surface area (Å²) in [4.78, 5) is 16.9. The average molecular weight is 440 g/mol. The van der Waals surface area contributed by atoms with Gasteiger partial charge in [-0.1, -0.05) is 12.1 Å². The zero-order valence-corrected chi connectivity index (χ0v) is 18.4. The molecule has 0 atom stereocenters. The summed E-state index contributed by atoms with van der Waals surface area (Å²) in [6.45, 7) is 5.61. The fraction of sp³-hybridized carbons (Fsp3) is 0.217. The largest absolute Gasteiger partial charge is 0.487 e. The zero-order valence-electron chi connectivity index (χ0n) is 17.6. The number of anilines is 1. The Morgan fingerprint density at radius 3 is 2.39 bits per heavy atom. The fourth-order valence-corrected chi connectivity index (χ4v) is 4.17. The zero-order chi connectivity index (χ0) is 22.5. The van der Waals surface area contributed by atoms with Gasteiger partial charge in [-0.15, -0.1) is 0 Å². The number of amides is 1. The Labute approximate surface area is 182 Å². The third-order valence-electron chi connectivity index (χ3n) is 4.07. The minimum atomic E-state index is -3.66. The molecule has 0 fully saturated rings. The molecule has 7 nitrogen and oxygen atoms in total. The van der Waals surface area contributed by atoms with E-state index < -0.39 is 15.6 Å². The van der Waals surface area contributed by atoms with E-state index in [4.69, 9.17) is 4.74 Å². The second kappa shape index (κ2) is 9.28. The van der Waals surface area contributed by atoms with E-state index in [9.17, 15) is 13.2 Å². The number of nitrogens with one attached hydrogen (secondary N) is 2. The number of nitrogens with zero attached hydrogens (tertiary/aromatic N) is 1. The Bertz CT molecular complexity index is 1140. The maximum atomic E-state index is 12.6. The molecule has 0 saturated carbocycles. The molecule has 0 spiro atoms. The fourth-order valence-electron chi connectivity index (χ4n) is 2.76. The lowest BCUT2D eigenvalue weighted by Gasteiger charge is -2.20. The van der Waals surface area contributed by atoms with E-state index in [1.54, 1.807) is 51.2 Å². The van der Waals surface area contributed by atoms with Crippen LogP contribution < -0.4 is 14.8 Å². The van der Waals surface area contributed by atoms with Gasteiger partial charge in [-0.2, -0.15) is 0 Å². The normalized spacial score (nSPS) is 11.7. The van der Waals surface area contributed by atoms with Crippen LogP contribution in [0.3, 0.4) is 0 Å². The average Bonchev–Trinajstić information content (AvgIpc) is 2.72. The van der Waals surface area contributed by atoms with Crippen LogP contribution in [0.1, 0.15) is 36.8 Å². The topological polar surface area (TPSA) is 97.4 Å². The van der Waals surface area contributed by atoms with Gasteiger partial charge in [-0.25, -0.2) is 13.1 Å². The molecule has 1 aromatic heterocycles. The van der Waals surface area contributed by atoms with E-state index in [-0.39, 0.29) is 10.8 Å². The van der Waals surface area contributed by atoms with E-state index in [1.165, 1.54) is 24.3 Å². The minimum Gasteiger partial charge on any atom is -0.487 e. The summed E-state index contributed by atoms with van der Waals surface area (Å²) < 4.78 is 33.1. The van der Waals surface area contributed by atoms with Crippen molar-refractivity contribution in [2.45, 2.75) is 37.8 Å². The van der Waals surface area contributed by atoms with Gasteiger partial charge in [0.25, 0.3) is 5.91 Å². The molecular weight excluding hydrogens is 414 g/mol. The second-order valence-electron chi connectivity index (χ2n) is 7.97. The molecule has 0 saturated heterocycles. The summed E-state index contributed by atoms with van der Waals surface area (Å²) in [5.74, 6) is 0.243. The van der Waals surface area contributed by atoms with Crippen LogP contribution in [0, 0.1) is 0 Å². The van der Waals surface area contributed by atoms with Crippen LogP contribution in [-0.2, 0) is 16.6 Å². The highest BCUT2D eigenvalue weighted by atomic mass is 32.2. The van der Waals surface area contributed by atoms with Crippen molar-refractivity contribution in [3.8, 4) is 5.75 Å². The third-order valence-corrected chi connectivity index (χ3v) is 5.85. The van der Waals surface area contributed by atoms with Crippen molar-refractivity contribution >= 4 is 21.6 Å². The number of pyridine rings is 1. The highest BCUT2D eigenvalue weighted by Crippen LogP contribution is 2.20. The molecule has 0 unspecified atom stereocenters. The highest BCUT2D eigenvalue weighted by Gasteiger charge is 2.22. The smallest absolute Gasteiger partial charge is 0.255 e. The lowest BCUT2D eigenvalue weighted by molar-refractivity contribution is 0.102. The van der Waals surface area contributed by atoms with Crippen LogP contribution in [0.15, 0.2) is 77.8 Å². The number of carbonyl (C=O) groups is 1. The van der Waals surface area contributed by atoms with E-state index in [0.717, 1.165) is 5.69 Å². The Hall–Kier alpha value is -3.23. The summed E-state index contributed by atoms with van der Waals surface area (Å²) in [5, 5.41) is 2.79. The summed E-state index contributed by atoms with van der Waals surface area (Å²) in [7, 11) is -3.66. The maximum absolute atomic E-state index is 12.6. The van der Waals surface area contributed by atoms with Crippen molar-refractivity contribution in [3.63, 3.8) is 0 Å². The SMILES string of the molecule is CC(C)(C)NS(=O)(=O)c1ccc(C(=O)Nc2cccc(OCc3ccccn3)c2)cc1. The van der Waals surface area contributed by atoms with Crippen molar-refractivity contribution in [2.75, 3.05) is 5.32 Å². The first-order valence-electron chi connectivity index (χ1n) is 9.71. The first-order chi connectivity index (χ1) is 14.6. The first-order valence-corrected chi connectivity index (χ1v) is 11.2. The van der Waals surface area contributed by atoms with E-state index in [2.05, 4.69) is 15.0 Å². The third kappa shape index (κ3) is 6.63. The predicted molar refractivity (Wildman–Crippen MR) is 119 cm³/mol. The highest BCUT2D eigenvalue weighted by molar-refractivity contribution is 7.89. The number of hydrogen-bond donors (Lipinski definition) is 2. The van der Waals surface area contributed by atoms with Crippen LogP contribution in [0.2, 0.25) is 0 Å². The molecule has 1 heterocycles. The molecule has 8 heteroatoms. The lowest BCUT2D eigenvalue weighted by Crippen LogP contribution is -2.40. The van der Waals surface area contributed by atoms with Gasteiger partial charge in [0.1, 0.15) is 12.4 Å². The first kappa shape index (κ1) is 22.5. The molecule has 3 aromatic rings. The van der Waals surface area contributed by atoms with Gasteiger partial charge in [-0.05, 0) is 69.3 Å². The van der Waals surface area contributed by atoms with Crippen molar-refractivity contribution in [3.05, 3.63) is 84.2 Å². The maximum Gasteiger partial charge on any atom is 0.255 e. The van der Waals surface area contributed by atoms with Gasteiger partial charge in [0, 0.05) is 29.1 Å². The number of rotatable bonds is 7. The Balaban J connectivity index is 1.65. The molecule has 0 radical (unpaired) electrons. The van der Waals surface area contributed by atoms with Gasteiger partial charge in [0.15, 0.2) is 0 Å². The summed E-state index contributed by atoms with van der Waals surface area (Å²) >= 11 is 0. The van der Waals surface area contributed by atoms with Crippen LogP contribution in [0.4, 0.5) is 5.69 Å². The molecule has 0 aliphatic rings. The van der Waals surface area contributed by atoms with Gasteiger partial charge in [0.2, 0.25) is 10.0 Å².